The molecule has 0 spiro atoms. The highest BCUT2D eigenvalue weighted by Crippen LogP contribution is 2.41. The highest BCUT2D eigenvalue weighted by Gasteiger charge is 2.16. The molecule has 0 amide bonds. The third-order valence-corrected chi connectivity index (χ3v) is 10.8. The molecule has 0 saturated carbocycles. The molecule has 0 radical (unpaired) electrons. The van der Waals surface area contributed by atoms with Crippen molar-refractivity contribution in [2.24, 2.45) is 0 Å². The fourth-order valence-electron chi connectivity index (χ4n) is 7.19. The lowest BCUT2D eigenvalue weighted by atomic mass is 9.99. The minimum Gasteiger partial charge on any atom is -0.456 e. The number of anilines is 3. The van der Waals surface area contributed by atoms with Gasteiger partial charge in [-0.1, -0.05) is 103 Å². The molecule has 2 aromatic heterocycles. The summed E-state index contributed by atoms with van der Waals surface area (Å²) in [5.41, 5.74) is 9.79. The van der Waals surface area contributed by atoms with Crippen LogP contribution in [0.5, 0.6) is 0 Å². The molecule has 10 rings (SSSR count). The molecule has 0 saturated heterocycles. The van der Waals surface area contributed by atoms with Crippen molar-refractivity contribution in [3.05, 3.63) is 176 Å². The lowest BCUT2D eigenvalue weighted by molar-refractivity contribution is 0.669. The maximum atomic E-state index is 6.32. The van der Waals surface area contributed by atoms with E-state index >= 15 is 0 Å². The monoisotopic (exact) mass is 643 g/mol. The summed E-state index contributed by atoms with van der Waals surface area (Å²) in [7, 11) is 0. The van der Waals surface area contributed by atoms with Gasteiger partial charge in [0.2, 0.25) is 0 Å². The van der Waals surface area contributed by atoms with Gasteiger partial charge in [-0.25, -0.2) is 0 Å². The second-order valence-electron chi connectivity index (χ2n) is 12.6. The van der Waals surface area contributed by atoms with E-state index in [1.54, 1.807) is 0 Å². The van der Waals surface area contributed by atoms with Gasteiger partial charge in [0, 0.05) is 54.1 Å². The number of thiophene rings is 1. The molecule has 0 aliphatic heterocycles. The van der Waals surface area contributed by atoms with Crippen LogP contribution in [0.4, 0.5) is 17.1 Å². The highest BCUT2D eigenvalue weighted by molar-refractivity contribution is 7.25. The molecule has 0 aliphatic rings. The Balaban J connectivity index is 1.05. The van der Waals surface area contributed by atoms with E-state index < -0.39 is 0 Å². The first-order valence-electron chi connectivity index (χ1n) is 16.6. The summed E-state index contributed by atoms with van der Waals surface area (Å²) in [5, 5.41) is 7.46. The zero-order chi connectivity index (χ0) is 32.3. The van der Waals surface area contributed by atoms with Gasteiger partial charge in [0.15, 0.2) is 0 Å². The smallest absolute Gasteiger partial charge is 0.137 e. The van der Waals surface area contributed by atoms with Crippen molar-refractivity contribution in [3.63, 3.8) is 0 Å². The molecule has 8 aromatic carbocycles. The summed E-state index contributed by atoms with van der Waals surface area (Å²) in [6.45, 7) is 0. The number of para-hydroxylation sites is 1. The predicted molar refractivity (Wildman–Crippen MR) is 210 cm³/mol. The summed E-state index contributed by atoms with van der Waals surface area (Å²) >= 11 is 1.87. The van der Waals surface area contributed by atoms with Crippen molar-refractivity contribution in [2.75, 3.05) is 4.90 Å². The van der Waals surface area contributed by atoms with Crippen LogP contribution in [0.1, 0.15) is 0 Å². The van der Waals surface area contributed by atoms with Crippen LogP contribution in [0.2, 0.25) is 0 Å². The molecule has 0 N–H and O–H groups in total. The average Bonchev–Trinajstić information content (AvgIpc) is 3.72. The molecule has 3 heteroatoms. The number of fused-ring (bicyclic) bond motifs is 7. The maximum Gasteiger partial charge on any atom is 0.137 e. The summed E-state index contributed by atoms with van der Waals surface area (Å²) in [6.07, 6.45) is 0. The van der Waals surface area contributed by atoms with Crippen LogP contribution < -0.4 is 4.90 Å². The molecule has 2 nitrogen and oxygen atoms in total. The van der Waals surface area contributed by atoms with Crippen LogP contribution in [0, 0.1) is 0 Å². The molecular formula is C46H29NOS. The second kappa shape index (κ2) is 11.2. The van der Waals surface area contributed by atoms with Gasteiger partial charge in [-0.3, -0.25) is 0 Å². The average molecular weight is 644 g/mol. The van der Waals surface area contributed by atoms with Crippen molar-refractivity contribution in [1.82, 2.24) is 0 Å². The fraction of sp³-hybridized carbons (Fsp3) is 0. The van der Waals surface area contributed by atoms with Crippen molar-refractivity contribution >= 4 is 81.3 Å². The minimum absolute atomic E-state index is 0.880. The molecule has 230 valence electrons. The van der Waals surface area contributed by atoms with E-state index in [2.05, 4.69) is 169 Å². The maximum absolute atomic E-state index is 6.32. The lowest BCUT2D eigenvalue weighted by Crippen LogP contribution is -2.09. The third-order valence-electron chi connectivity index (χ3n) is 9.65. The number of rotatable bonds is 5. The van der Waals surface area contributed by atoms with Gasteiger partial charge in [-0.15, -0.1) is 11.3 Å². The first kappa shape index (κ1) is 27.9. The Hall–Kier alpha value is -6.16. The quantitative estimate of drug-likeness (QED) is 0.186. The molecule has 0 fully saturated rings. The number of nitrogens with zero attached hydrogens (tertiary/aromatic N) is 1. The van der Waals surface area contributed by atoms with Gasteiger partial charge >= 0.3 is 0 Å². The number of benzene rings is 8. The van der Waals surface area contributed by atoms with E-state index in [4.69, 9.17) is 4.42 Å². The Kier molecular flexibility index (Phi) is 6.39. The third kappa shape index (κ3) is 4.78. The van der Waals surface area contributed by atoms with Gasteiger partial charge in [-0.05, 0) is 99.8 Å². The summed E-state index contributed by atoms with van der Waals surface area (Å²) in [6, 6.07) is 63.2. The lowest BCUT2D eigenvalue weighted by Gasteiger charge is -2.26. The molecule has 0 atom stereocenters. The van der Waals surface area contributed by atoms with Crippen molar-refractivity contribution in [2.45, 2.75) is 0 Å². The van der Waals surface area contributed by atoms with Gasteiger partial charge in [-0.2, -0.15) is 0 Å². The normalized spacial score (nSPS) is 11.7. The molecule has 49 heavy (non-hydrogen) atoms. The zero-order valence-electron chi connectivity index (χ0n) is 26.5. The van der Waals surface area contributed by atoms with Crippen LogP contribution in [0.25, 0.3) is 75.1 Å². The molecule has 0 bridgehead atoms. The van der Waals surface area contributed by atoms with Crippen LogP contribution in [0.3, 0.4) is 0 Å². The van der Waals surface area contributed by atoms with E-state index in [9.17, 15) is 0 Å². The van der Waals surface area contributed by atoms with E-state index in [-0.39, 0.29) is 0 Å². The van der Waals surface area contributed by atoms with Crippen LogP contribution in [-0.4, -0.2) is 0 Å². The summed E-state index contributed by atoms with van der Waals surface area (Å²) in [4.78, 5) is 2.31. The van der Waals surface area contributed by atoms with E-state index in [0.29, 0.717) is 0 Å². The van der Waals surface area contributed by atoms with Crippen LogP contribution >= 0.6 is 11.3 Å². The van der Waals surface area contributed by atoms with Crippen LogP contribution in [-0.2, 0) is 0 Å². The second-order valence-corrected chi connectivity index (χ2v) is 13.7. The van der Waals surface area contributed by atoms with E-state index in [1.807, 2.05) is 23.5 Å². The summed E-state index contributed by atoms with van der Waals surface area (Å²) in [5.74, 6) is 0. The Bertz CT molecular complexity index is 2810. The Morgan fingerprint density at radius 2 is 0.959 bits per heavy atom. The first-order chi connectivity index (χ1) is 24.2. The first-order valence-corrected chi connectivity index (χ1v) is 17.4. The molecule has 0 aliphatic carbocycles. The number of hydrogen-bond donors (Lipinski definition) is 0. The topological polar surface area (TPSA) is 16.4 Å². The molecule has 0 unspecified atom stereocenters. The summed E-state index contributed by atoms with van der Waals surface area (Å²) < 4.78 is 8.99. The highest BCUT2D eigenvalue weighted by atomic mass is 32.1. The van der Waals surface area contributed by atoms with E-state index in [1.165, 1.54) is 53.2 Å². The Morgan fingerprint density at radius 3 is 1.76 bits per heavy atom. The largest absolute Gasteiger partial charge is 0.456 e. The van der Waals surface area contributed by atoms with Gasteiger partial charge in [0.05, 0.1) is 0 Å². The van der Waals surface area contributed by atoms with E-state index in [0.717, 1.165) is 39.0 Å². The van der Waals surface area contributed by atoms with Gasteiger partial charge < -0.3 is 9.32 Å². The Morgan fingerprint density at radius 1 is 0.347 bits per heavy atom. The van der Waals surface area contributed by atoms with Crippen LogP contribution in [0.15, 0.2) is 180 Å². The standard InChI is InChI=1S/C46H29NOS/c1-2-8-30(9-3-1)31-16-20-36(21-17-31)47(38-24-25-40-39-10-4-6-12-43(39)48-44(40)29-38)37-22-18-32(19-23-37)33-14-15-34-27-42-41-11-5-7-13-45(41)49-46(42)28-35(34)26-33/h1-29H. The van der Waals surface area contributed by atoms with Gasteiger partial charge in [0.1, 0.15) is 11.2 Å². The molecule has 10 aromatic rings. The molecular weight excluding hydrogens is 615 g/mol. The fourth-order valence-corrected chi connectivity index (χ4v) is 8.32. The Labute approximate surface area is 287 Å². The SMILES string of the molecule is c1ccc(-c2ccc(N(c3ccc(-c4ccc5cc6c(cc5c4)sc4ccccc46)cc3)c3ccc4c(c3)oc3ccccc34)cc2)cc1. The van der Waals surface area contributed by atoms with Crippen molar-refractivity contribution < 1.29 is 4.42 Å². The van der Waals surface area contributed by atoms with Gasteiger partial charge in [0.25, 0.3) is 0 Å². The zero-order valence-corrected chi connectivity index (χ0v) is 27.3. The number of hydrogen-bond acceptors (Lipinski definition) is 3. The van der Waals surface area contributed by atoms with Crippen molar-refractivity contribution in [3.8, 4) is 22.3 Å². The molecule has 2 heterocycles. The van der Waals surface area contributed by atoms with Crippen molar-refractivity contribution in [1.29, 1.82) is 0 Å². The predicted octanol–water partition coefficient (Wildman–Crippen LogP) is 13.9. The minimum atomic E-state index is 0.880. The number of furan rings is 1.